The van der Waals surface area contributed by atoms with Crippen molar-refractivity contribution in [1.29, 1.82) is 0 Å². The molecule has 1 aromatic rings. The highest BCUT2D eigenvalue weighted by Gasteiger charge is 2.17. The van der Waals surface area contributed by atoms with Gasteiger partial charge in [0.2, 0.25) is 0 Å². The van der Waals surface area contributed by atoms with Crippen molar-refractivity contribution in [2.75, 3.05) is 5.32 Å². The lowest BCUT2D eigenvalue weighted by molar-refractivity contribution is -0.139. The predicted molar refractivity (Wildman–Crippen MR) is 60.2 cm³/mol. The molecule has 0 saturated carbocycles. The Morgan fingerprint density at radius 1 is 1.28 bits per heavy atom. The van der Waals surface area contributed by atoms with Crippen molar-refractivity contribution in [3.05, 3.63) is 29.8 Å². The molecular weight excluding hydrogens is 246 g/mol. The third kappa shape index (κ3) is 4.00. The number of hydrogen-bond acceptors (Lipinski definition) is 2. The van der Waals surface area contributed by atoms with Gasteiger partial charge < -0.3 is 15.7 Å². The Hall–Kier alpha value is -2.18. The van der Waals surface area contributed by atoms with Crippen LogP contribution in [0, 0.1) is 11.6 Å². The maximum Gasteiger partial charge on any atom is 0.326 e. The summed E-state index contributed by atoms with van der Waals surface area (Å²) in [5, 5.41) is 13.0. The molecule has 0 fully saturated rings. The van der Waals surface area contributed by atoms with Gasteiger partial charge in [-0.2, -0.15) is 0 Å². The van der Waals surface area contributed by atoms with Crippen molar-refractivity contribution in [3.8, 4) is 0 Å². The molecular formula is C11H12F2N2O3. The summed E-state index contributed by atoms with van der Waals surface area (Å²) >= 11 is 0. The van der Waals surface area contributed by atoms with E-state index in [2.05, 4.69) is 10.6 Å². The number of benzene rings is 1. The summed E-state index contributed by atoms with van der Waals surface area (Å²) in [5.41, 5.74) is -0.0924. The van der Waals surface area contributed by atoms with Gasteiger partial charge in [-0.25, -0.2) is 18.4 Å². The van der Waals surface area contributed by atoms with Crippen LogP contribution in [-0.4, -0.2) is 23.1 Å². The molecule has 3 N–H and O–H groups in total. The summed E-state index contributed by atoms with van der Waals surface area (Å²) < 4.78 is 25.7. The minimum absolute atomic E-state index is 0.0924. The minimum Gasteiger partial charge on any atom is -0.480 e. The third-order valence-electron chi connectivity index (χ3n) is 2.13. The average Bonchev–Trinajstić information content (AvgIpc) is 2.23. The van der Waals surface area contributed by atoms with Crippen LogP contribution in [0.1, 0.15) is 13.3 Å². The Balaban J connectivity index is 2.67. The molecule has 2 amide bonds. The smallest absolute Gasteiger partial charge is 0.326 e. The maximum absolute atomic E-state index is 12.8. The lowest BCUT2D eigenvalue weighted by atomic mass is 10.2. The second-order valence-corrected chi connectivity index (χ2v) is 3.56. The highest BCUT2D eigenvalue weighted by molar-refractivity contribution is 5.92. The van der Waals surface area contributed by atoms with E-state index in [9.17, 15) is 18.4 Å². The highest BCUT2D eigenvalue weighted by atomic mass is 19.1. The zero-order chi connectivity index (χ0) is 13.7. The number of amides is 2. The van der Waals surface area contributed by atoms with Gasteiger partial charge in [-0.3, -0.25) is 0 Å². The van der Waals surface area contributed by atoms with Gasteiger partial charge in [0, 0.05) is 11.8 Å². The first-order valence-electron chi connectivity index (χ1n) is 5.18. The van der Waals surface area contributed by atoms with Crippen molar-refractivity contribution < 1.29 is 23.5 Å². The maximum atomic E-state index is 12.8. The Bertz CT molecular complexity index is 445. The largest absolute Gasteiger partial charge is 0.480 e. The van der Waals surface area contributed by atoms with Crippen LogP contribution in [0.2, 0.25) is 0 Å². The molecule has 0 aliphatic carbocycles. The van der Waals surface area contributed by atoms with Crippen LogP contribution in [0.25, 0.3) is 0 Å². The summed E-state index contributed by atoms with van der Waals surface area (Å²) in [6, 6.07) is 0.613. The fourth-order valence-corrected chi connectivity index (χ4v) is 1.29. The fraction of sp³-hybridized carbons (Fsp3) is 0.273. The Kier molecular flexibility index (Phi) is 4.59. The molecule has 0 aliphatic rings. The lowest BCUT2D eigenvalue weighted by Gasteiger charge is -2.13. The molecule has 0 bridgehead atoms. The van der Waals surface area contributed by atoms with E-state index in [1.165, 1.54) is 0 Å². The van der Waals surface area contributed by atoms with Crippen LogP contribution >= 0.6 is 0 Å². The van der Waals surface area contributed by atoms with Gasteiger partial charge in [0.15, 0.2) is 0 Å². The number of hydrogen-bond donors (Lipinski definition) is 3. The molecule has 5 nitrogen and oxygen atoms in total. The first-order chi connectivity index (χ1) is 8.42. The van der Waals surface area contributed by atoms with E-state index in [4.69, 9.17) is 5.11 Å². The van der Waals surface area contributed by atoms with Crippen LogP contribution in [0.4, 0.5) is 19.3 Å². The van der Waals surface area contributed by atoms with Crippen LogP contribution in [-0.2, 0) is 4.79 Å². The zero-order valence-corrected chi connectivity index (χ0v) is 9.54. The number of anilines is 1. The van der Waals surface area contributed by atoms with E-state index in [0.29, 0.717) is 6.07 Å². The van der Waals surface area contributed by atoms with Gasteiger partial charge in [0.05, 0.1) is 0 Å². The van der Waals surface area contributed by atoms with E-state index >= 15 is 0 Å². The molecule has 0 heterocycles. The number of urea groups is 1. The fourth-order valence-electron chi connectivity index (χ4n) is 1.29. The van der Waals surface area contributed by atoms with Gasteiger partial charge in [-0.1, -0.05) is 6.92 Å². The summed E-state index contributed by atoms with van der Waals surface area (Å²) in [6.07, 6.45) is 0.195. The molecule has 1 aromatic carbocycles. The molecule has 0 aromatic heterocycles. The van der Waals surface area contributed by atoms with Crippen LogP contribution in [0.15, 0.2) is 18.2 Å². The van der Waals surface area contributed by atoms with Crippen molar-refractivity contribution in [3.63, 3.8) is 0 Å². The standard InChI is InChI=1S/C11H12F2N2O3/c1-2-9(10(16)17)15-11(18)14-8-4-6(12)3-7(13)5-8/h3-5,9H,2H2,1H3,(H,16,17)(H2,14,15,18)/t9-/m0/s1. The second kappa shape index (κ2) is 5.95. The molecule has 0 aliphatic heterocycles. The molecule has 0 unspecified atom stereocenters. The Morgan fingerprint density at radius 3 is 2.28 bits per heavy atom. The van der Waals surface area contributed by atoms with Crippen molar-refractivity contribution in [2.45, 2.75) is 19.4 Å². The molecule has 98 valence electrons. The summed E-state index contributed by atoms with van der Waals surface area (Å²) in [4.78, 5) is 22.0. The van der Waals surface area contributed by atoms with E-state index < -0.39 is 29.7 Å². The normalized spacial score (nSPS) is 11.7. The number of carboxylic acid groups (broad SMARTS) is 1. The topological polar surface area (TPSA) is 78.4 Å². The van der Waals surface area contributed by atoms with Crippen LogP contribution < -0.4 is 10.6 Å². The number of carbonyl (C=O) groups is 2. The van der Waals surface area contributed by atoms with Crippen LogP contribution in [0.5, 0.6) is 0 Å². The van der Waals surface area contributed by atoms with Gasteiger partial charge in [0.25, 0.3) is 0 Å². The molecule has 1 rings (SSSR count). The third-order valence-corrected chi connectivity index (χ3v) is 2.13. The first kappa shape index (κ1) is 13.9. The molecule has 1 atom stereocenters. The Labute approximate surface area is 102 Å². The highest BCUT2D eigenvalue weighted by Crippen LogP contribution is 2.12. The van der Waals surface area contributed by atoms with Gasteiger partial charge in [-0.15, -0.1) is 0 Å². The van der Waals surface area contributed by atoms with Gasteiger partial charge in [-0.05, 0) is 18.6 Å². The van der Waals surface area contributed by atoms with Gasteiger partial charge >= 0.3 is 12.0 Å². The zero-order valence-electron chi connectivity index (χ0n) is 9.54. The number of halogens is 2. The van der Waals surface area contributed by atoms with E-state index in [0.717, 1.165) is 12.1 Å². The molecule has 7 heteroatoms. The number of carboxylic acids is 1. The first-order valence-corrected chi connectivity index (χ1v) is 5.18. The summed E-state index contributed by atoms with van der Waals surface area (Å²) in [6.45, 7) is 1.58. The molecule has 0 saturated heterocycles. The molecule has 0 radical (unpaired) electrons. The van der Waals surface area contributed by atoms with E-state index in [1.807, 2.05) is 0 Å². The number of aliphatic carboxylic acids is 1. The average molecular weight is 258 g/mol. The van der Waals surface area contributed by atoms with Crippen molar-refractivity contribution >= 4 is 17.7 Å². The summed E-state index contributed by atoms with van der Waals surface area (Å²) in [5.74, 6) is -2.86. The molecule has 18 heavy (non-hydrogen) atoms. The van der Waals surface area contributed by atoms with Crippen molar-refractivity contribution in [2.24, 2.45) is 0 Å². The number of nitrogens with one attached hydrogen (secondary N) is 2. The lowest BCUT2D eigenvalue weighted by Crippen LogP contribution is -2.42. The van der Waals surface area contributed by atoms with Gasteiger partial charge in [0.1, 0.15) is 17.7 Å². The minimum atomic E-state index is -1.18. The van der Waals surface area contributed by atoms with E-state index in [1.54, 1.807) is 6.92 Å². The predicted octanol–water partition coefficient (Wildman–Crippen LogP) is 1.95. The van der Waals surface area contributed by atoms with Crippen LogP contribution in [0.3, 0.4) is 0 Å². The quantitative estimate of drug-likeness (QED) is 0.772. The number of rotatable bonds is 4. The van der Waals surface area contributed by atoms with Crippen molar-refractivity contribution in [1.82, 2.24) is 5.32 Å². The number of carbonyl (C=O) groups excluding carboxylic acids is 1. The monoisotopic (exact) mass is 258 g/mol. The Morgan fingerprint density at radius 2 is 1.83 bits per heavy atom. The molecule has 0 spiro atoms. The SMILES string of the molecule is CC[C@H](NC(=O)Nc1cc(F)cc(F)c1)C(=O)O. The summed E-state index contributed by atoms with van der Waals surface area (Å²) in [7, 11) is 0. The second-order valence-electron chi connectivity index (χ2n) is 3.56. The van der Waals surface area contributed by atoms with E-state index in [-0.39, 0.29) is 12.1 Å².